The molecule has 2 heterocycles. The van der Waals surface area contributed by atoms with Crippen molar-refractivity contribution in [3.63, 3.8) is 0 Å². The maximum Gasteiger partial charge on any atom is 0.263 e. The Morgan fingerprint density at radius 1 is 1.41 bits per heavy atom. The van der Waals surface area contributed by atoms with Gasteiger partial charge in [-0.25, -0.2) is 9.37 Å². The van der Waals surface area contributed by atoms with E-state index in [9.17, 15) is 14.0 Å². The topological polar surface area (TPSA) is 64.0 Å². The van der Waals surface area contributed by atoms with E-state index in [1.807, 2.05) is 20.8 Å². The molecule has 8 heteroatoms. The number of carbonyl (C=O) groups is 1. The van der Waals surface area contributed by atoms with Crippen LogP contribution in [-0.2, 0) is 11.3 Å². The summed E-state index contributed by atoms with van der Waals surface area (Å²) in [5.41, 5.74) is 1.28. The number of hydrogen-bond donors (Lipinski definition) is 1. The van der Waals surface area contributed by atoms with E-state index in [-0.39, 0.29) is 11.5 Å². The molecule has 0 saturated heterocycles. The van der Waals surface area contributed by atoms with Crippen molar-refractivity contribution >= 4 is 44.9 Å². The third kappa shape index (κ3) is 3.91. The number of halogens is 1. The summed E-state index contributed by atoms with van der Waals surface area (Å²) in [4.78, 5) is 31.7. The zero-order chi connectivity index (χ0) is 19.7. The molecule has 5 nitrogen and oxygen atoms in total. The van der Waals surface area contributed by atoms with Crippen LogP contribution in [0.4, 0.5) is 10.1 Å². The lowest BCUT2D eigenvalue weighted by molar-refractivity contribution is -0.115. The van der Waals surface area contributed by atoms with Crippen LogP contribution in [0.25, 0.3) is 10.2 Å². The van der Waals surface area contributed by atoms with Gasteiger partial charge in [-0.05, 0) is 51.5 Å². The van der Waals surface area contributed by atoms with Crippen LogP contribution in [0.1, 0.15) is 24.3 Å². The van der Waals surface area contributed by atoms with E-state index in [2.05, 4.69) is 10.3 Å². The number of rotatable bonds is 5. The summed E-state index contributed by atoms with van der Waals surface area (Å²) in [7, 11) is 0. The number of thiophene rings is 1. The predicted octanol–water partition coefficient (Wildman–Crippen LogP) is 4.35. The van der Waals surface area contributed by atoms with E-state index >= 15 is 0 Å². The fourth-order valence-electron chi connectivity index (χ4n) is 2.70. The molecule has 1 aromatic carbocycles. The van der Waals surface area contributed by atoms with Gasteiger partial charge in [0.2, 0.25) is 5.91 Å². The minimum absolute atomic E-state index is 0.0791. The molecule has 3 aromatic rings. The smallest absolute Gasteiger partial charge is 0.263 e. The zero-order valence-electron chi connectivity index (χ0n) is 15.5. The van der Waals surface area contributed by atoms with E-state index < -0.39 is 11.1 Å². The largest absolute Gasteiger partial charge is 0.325 e. The first-order chi connectivity index (χ1) is 12.8. The van der Waals surface area contributed by atoms with Crippen molar-refractivity contribution in [3.05, 3.63) is 50.9 Å². The lowest BCUT2D eigenvalue weighted by Gasteiger charge is -2.15. The van der Waals surface area contributed by atoms with Gasteiger partial charge >= 0.3 is 0 Å². The normalized spacial score (nSPS) is 12.3. The average molecular weight is 406 g/mol. The SMILES string of the molecule is CCn1c(S[C@H](C)C(=O)Nc2cccc(F)c2)nc2sc(C)c(C)c2c1=O. The first kappa shape index (κ1) is 19.6. The van der Waals surface area contributed by atoms with E-state index in [0.29, 0.717) is 27.6 Å². The van der Waals surface area contributed by atoms with Crippen LogP contribution < -0.4 is 10.9 Å². The average Bonchev–Trinajstić information content (AvgIpc) is 2.89. The highest BCUT2D eigenvalue weighted by atomic mass is 32.2. The van der Waals surface area contributed by atoms with Gasteiger partial charge in [-0.1, -0.05) is 17.8 Å². The highest BCUT2D eigenvalue weighted by Crippen LogP contribution is 2.30. The number of fused-ring (bicyclic) bond motifs is 1. The van der Waals surface area contributed by atoms with Crippen LogP contribution in [0.15, 0.2) is 34.2 Å². The lowest BCUT2D eigenvalue weighted by Crippen LogP contribution is -2.26. The number of anilines is 1. The number of aromatic nitrogens is 2. The third-order valence-electron chi connectivity index (χ3n) is 4.31. The first-order valence-electron chi connectivity index (χ1n) is 8.55. The van der Waals surface area contributed by atoms with Gasteiger partial charge in [-0.2, -0.15) is 0 Å². The summed E-state index contributed by atoms with van der Waals surface area (Å²) in [5.74, 6) is -0.690. The van der Waals surface area contributed by atoms with Crippen LogP contribution in [-0.4, -0.2) is 20.7 Å². The van der Waals surface area contributed by atoms with Crippen LogP contribution in [0.3, 0.4) is 0 Å². The highest BCUT2D eigenvalue weighted by Gasteiger charge is 2.21. The van der Waals surface area contributed by atoms with Crippen LogP contribution in [0, 0.1) is 19.7 Å². The molecule has 1 N–H and O–H groups in total. The summed E-state index contributed by atoms with van der Waals surface area (Å²) in [6, 6.07) is 5.74. The fourth-order valence-corrected chi connectivity index (χ4v) is 4.74. The molecular formula is C19H20FN3O2S2. The molecule has 1 atom stereocenters. The molecule has 0 aliphatic rings. The molecule has 1 amide bonds. The number of carbonyl (C=O) groups excluding carboxylic acids is 1. The van der Waals surface area contributed by atoms with Gasteiger partial charge in [0, 0.05) is 17.1 Å². The summed E-state index contributed by atoms with van der Waals surface area (Å²) < 4.78 is 14.9. The van der Waals surface area contributed by atoms with Crippen molar-refractivity contribution in [2.75, 3.05) is 5.32 Å². The van der Waals surface area contributed by atoms with E-state index in [1.165, 1.54) is 41.3 Å². The van der Waals surface area contributed by atoms with Gasteiger partial charge in [-0.3, -0.25) is 14.2 Å². The summed E-state index contributed by atoms with van der Waals surface area (Å²) >= 11 is 2.71. The molecule has 3 rings (SSSR count). The molecular weight excluding hydrogens is 385 g/mol. The van der Waals surface area contributed by atoms with Gasteiger partial charge in [0.15, 0.2) is 5.16 Å². The number of nitrogens with one attached hydrogen (secondary N) is 1. The van der Waals surface area contributed by atoms with Crippen molar-refractivity contribution < 1.29 is 9.18 Å². The molecule has 0 radical (unpaired) electrons. The Balaban J connectivity index is 1.89. The van der Waals surface area contributed by atoms with Gasteiger partial charge in [0.1, 0.15) is 10.6 Å². The summed E-state index contributed by atoms with van der Waals surface area (Å²) in [6.07, 6.45) is 0. The number of hydrogen-bond acceptors (Lipinski definition) is 5. The van der Waals surface area contributed by atoms with E-state index in [1.54, 1.807) is 17.6 Å². The maximum atomic E-state index is 13.3. The van der Waals surface area contributed by atoms with Gasteiger partial charge in [0.25, 0.3) is 5.56 Å². The standard InChI is InChI=1S/C19H20FN3O2S2/c1-5-23-18(25)15-10(2)11(3)26-17(15)22-19(23)27-12(4)16(24)21-14-8-6-7-13(20)9-14/h6-9,12H,5H2,1-4H3,(H,21,24)/t12-/m1/s1. The molecule has 142 valence electrons. The van der Waals surface area contributed by atoms with Gasteiger partial charge < -0.3 is 5.32 Å². The van der Waals surface area contributed by atoms with Crippen LogP contribution in [0.2, 0.25) is 0 Å². The molecule has 0 saturated carbocycles. The Labute approximate surface area is 164 Å². The zero-order valence-corrected chi connectivity index (χ0v) is 17.1. The van der Waals surface area contributed by atoms with Crippen molar-refractivity contribution in [1.29, 1.82) is 0 Å². The quantitative estimate of drug-likeness (QED) is 0.506. The second-order valence-corrected chi connectivity index (χ2v) is 8.68. The molecule has 0 aliphatic carbocycles. The number of nitrogens with zero attached hydrogens (tertiary/aromatic N) is 2. The number of amides is 1. The fraction of sp³-hybridized carbons (Fsp3) is 0.316. The van der Waals surface area contributed by atoms with Crippen LogP contribution >= 0.6 is 23.1 Å². The number of benzene rings is 1. The molecule has 27 heavy (non-hydrogen) atoms. The van der Waals surface area contributed by atoms with E-state index in [0.717, 1.165) is 10.4 Å². The van der Waals surface area contributed by atoms with Gasteiger partial charge in [-0.15, -0.1) is 11.3 Å². The van der Waals surface area contributed by atoms with Crippen molar-refractivity contribution in [3.8, 4) is 0 Å². The molecule has 2 aromatic heterocycles. The maximum absolute atomic E-state index is 13.3. The number of thioether (sulfide) groups is 1. The Bertz CT molecular complexity index is 1070. The Morgan fingerprint density at radius 3 is 2.81 bits per heavy atom. The highest BCUT2D eigenvalue weighted by molar-refractivity contribution is 8.00. The second-order valence-electron chi connectivity index (χ2n) is 6.17. The van der Waals surface area contributed by atoms with Crippen molar-refractivity contribution in [2.45, 2.75) is 44.6 Å². The molecule has 0 bridgehead atoms. The van der Waals surface area contributed by atoms with E-state index in [4.69, 9.17) is 0 Å². The van der Waals surface area contributed by atoms with Crippen molar-refractivity contribution in [1.82, 2.24) is 9.55 Å². The Morgan fingerprint density at radius 2 is 2.15 bits per heavy atom. The molecule has 0 unspecified atom stereocenters. The lowest BCUT2D eigenvalue weighted by atomic mass is 10.2. The number of aryl methyl sites for hydroxylation is 2. The molecule has 0 spiro atoms. The molecule has 0 fully saturated rings. The summed E-state index contributed by atoms with van der Waals surface area (Å²) in [5, 5.41) is 3.36. The summed E-state index contributed by atoms with van der Waals surface area (Å²) in [6.45, 7) is 7.99. The van der Waals surface area contributed by atoms with Gasteiger partial charge in [0.05, 0.1) is 10.6 Å². The minimum Gasteiger partial charge on any atom is -0.325 e. The predicted molar refractivity (Wildman–Crippen MR) is 109 cm³/mol. The Hall–Kier alpha value is -2.19. The van der Waals surface area contributed by atoms with Crippen molar-refractivity contribution in [2.24, 2.45) is 0 Å². The monoisotopic (exact) mass is 405 g/mol. The van der Waals surface area contributed by atoms with Crippen LogP contribution in [0.5, 0.6) is 0 Å². The second kappa shape index (κ2) is 7.82. The third-order valence-corrected chi connectivity index (χ3v) is 6.50. The first-order valence-corrected chi connectivity index (χ1v) is 10.2. The Kier molecular flexibility index (Phi) is 5.67. The molecule has 0 aliphatic heterocycles. The minimum atomic E-state index is -0.502.